The van der Waals surface area contributed by atoms with Gasteiger partial charge in [-0.3, -0.25) is 4.90 Å². The van der Waals surface area contributed by atoms with Crippen molar-refractivity contribution in [2.24, 2.45) is 0 Å². The molecule has 2 aliphatic heterocycles. The molecule has 3 rings (SSSR count). The zero-order chi connectivity index (χ0) is 16.1. The molecule has 128 valence electrons. The fourth-order valence-electron chi connectivity index (χ4n) is 2.72. The highest BCUT2D eigenvalue weighted by Gasteiger charge is 2.28. The van der Waals surface area contributed by atoms with Crippen LogP contribution < -0.4 is 10.6 Å². The Kier molecular flexibility index (Phi) is 5.23. The van der Waals surface area contributed by atoms with Crippen LogP contribution in [0.25, 0.3) is 0 Å². The van der Waals surface area contributed by atoms with Crippen LogP contribution in [0.2, 0.25) is 0 Å². The summed E-state index contributed by atoms with van der Waals surface area (Å²) in [5.74, 6) is 1.38. The van der Waals surface area contributed by atoms with Crippen LogP contribution in [0.15, 0.2) is 6.20 Å². The summed E-state index contributed by atoms with van der Waals surface area (Å²) in [5.41, 5.74) is 0. The second-order valence-corrected chi connectivity index (χ2v) is 8.02. The van der Waals surface area contributed by atoms with E-state index in [0.29, 0.717) is 18.2 Å². The van der Waals surface area contributed by atoms with Gasteiger partial charge in [-0.2, -0.15) is 10.1 Å². The monoisotopic (exact) mass is 342 g/mol. The summed E-state index contributed by atoms with van der Waals surface area (Å²) in [5, 5.41) is 14.1. The number of ether oxygens (including phenoxy) is 1. The number of rotatable bonds is 6. The maximum atomic E-state index is 11.5. The smallest absolute Gasteiger partial charge is 0.244 e. The zero-order valence-corrected chi connectivity index (χ0v) is 13.8. The van der Waals surface area contributed by atoms with Gasteiger partial charge in [-0.1, -0.05) is 0 Å². The Hall–Kier alpha value is -1.52. The Morgan fingerprint density at radius 2 is 2.17 bits per heavy atom. The van der Waals surface area contributed by atoms with Crippen molar-refractivity contribution in [2.45, 2.75) is 12.5 Å². The number of hydrogen-bond donors (Lipinski definition) is 2. The van der Waals surface area contributed by atoms with Crippen LogP contribution >= 0.6 is 0 Å². The van der Waals surface area contributed by atoms with E-state index in [4.69, 9.17) is 4.74 Å². The van der Waals surface area contributed by atoms with Gasteiger partial charge in [-0.15, -0.1) is 5.10 Å². The molecule has 2 aliphatic rings. The minimum Gasteiger partial charge on any atom is -0.379 e. The van der Waals surface area contributed by atoms with Gasteiger partial charge < -0.3 is 15.4 Å². The number of nitrogens with one attached hydrogen (secondary N) is 2. The Morgan fingerprint density at radius 1 is 1.35 bits per heavy atom. The van der Waals surface area contributed by atoms with Crippen LogP contribution in [0.3, 0.4) is 0 Å². The largest absolute Gasteiger partial charge is 0.379 e. The fraction of sp³-hybridized carbons (Fsp3) is 0.769. The molecule has 0 amide bonds. The minimum atomic E-state index is -2.91. The number of nitrogens with zero attached hydrogens (tertiary/aromatic N) is 4. The van der Waals surface area contributed by atoms with Crippen LogP contribution in [0, 0.1) is 0 Å². The summed E-state index contributed by atoms with van der Waals surface area (Å²) in [6.45, 7) is 5.06. The molecular formula is C13H22N6O3S. The quantitative estimate of drug-likeness (QED) is 0.687. The van der Waals surface area contributed by atoms with Crippen LogP contribution in [0.4, 0.5) is 11.8 Å². The molecule has 0 aliphatic carbocycles. The fourth-order valence-corrected chi connectivity index (χ4v) is 4.39. The van der Waals surface area contributed by atoms with E-state index in [1.807, 2.05) is 0 Å². The molecule has 2 N–H and O–H groups in total. The highest BCUT2D eigenvalue weighted by atomic mass is 32.2. The third kappa shape index (κ3) is 4.98. The molecule has 3 heterocycles. The van der Waals surface area contributed by atoms with Crippen molar-refractivity contribution < 1.29 is 13.2 Å². The van der Waals surface area contributed by atoms with Crippen molar-refractivity contribution in [3.8, 4) is 0 Å². The van der Waals surface area contributed by atoms with Gasteiger partial charge in [0, 0.05) is 32.2 Å². The Bertz CT molecular complexity index is 620. The summed E-state index contributed by atoms with van der Waals surface area (Å²) in [4.78, 5) is 6.65. The number of hydrogen-bond acceptors (Lipinski definition) is 9. The standard InChI is InChI=1S/C13H22N6O3S/c20-23(21)8-1-11(10-23)16-12-9-15-18-13(17-12)14-2-3-19-4-6-22-7-5-19/h9,11H,1-8,10H2,(H2,14,16,17,18). The van der Waals surface area contributed by atoms with Crippen molar-refractivity contribution in [2.75, 3.05) is 61.5 Å². The van der Waals surface area contributed by atoms with Crippen molar-refractivity contribution in [1.29, 1.82) is 0 Å². The number of aromatic nitrogens is 3. The van der Waals surface area contributed by atoms with E-state index >= 15 is 0 Å². The zero-order valence-electron chi connectivity index (χ0n) is 12.9. The van der Waals surface area contributed by atoms with Crippen LogP contribution in [-0.4, -0.2) is 85.4 Å². The molecule has 1 aromatic heterocycles. The van der Waals surface area contributed by atoms with Crippen LogP contribution in [-0.2, 0) is 14.6 Å². The van der Waals surface area contributed by atoms with Crippen LogP contribution in [0.1, 0.15) is 6.42 Å². The van der Waals surface area contributed by atoms with Crippen molar-refractivity contribution in [3.63, 3.8) is 0 Å². The molecule has 10 heteroatoms. The first-order valence-electron chi connectivity index (χ1n) is 7.81. The van der Waals surface area contributed by atoms with Crippen molar-refractivity contribution in [1.82, 2.24) is 20.1 Å². The highest BCUT2D eigenvalue weighted by molar-refractivity contribution is 7.91. The van der Waals surface area contributed by atoms with Crippen molar-refractivity contribution >= 4 is 21.6 Å². The Morgan fingerprint density at radius 3 is 2.91 bits per heavy atom. The van der Waals surface area contributed by atoms with Gasteiger partial charge in [0.1, 0.15) is 0 Å². The molecule has 1 aromatic rings. The number of anilines is 2. The van der Waals surface area contributed by atoms with Crippen molar-refractivity contribution in [3.05, 3.63) is 6.20 Å². The average Bonchev–Trinajstić information content (AvgIpc) is 2.87. The predicted molar refractivity (Wildman–Crippen MR) is 86.3 cm³/mol. The highest BCUT2D eigenvalue weighted by Crippen LogP contribution is 2.16. The van der Waals surface area contributed by atoms with E-state index in [1.165, 1.54) is 6.20 Å². The predicted octanol–water partition coefficient (Wildman–Crippen LogP) is -0.785. The maximum Gasteiger partial charge on any atom is 0.244 e. The molecule has 2 fully saturated rings. The molecule has 23 heavy (non-hydrogen) atoms. The van der Waals surface area contributed by atoms with Gasteiger partial charge in [-0.05, 0) is 6.42 Å². The summed E-state index contributed by atoms with van der Waals surface area (Å²) in [6, 6.07) is -0.0992. The SMILES string of the molecule is O=S1(=O)CCC(Nc2cnnc(NCCN3CCOCC3)n2)C1. The molecule has 0 aromatic carbocycles. The van der Waals surface area contributed by atoms with E-state index in [1.54, 1.807) is 0 Å². The first-order chi connectivity index (χ1) is 11.1. The molecular weight excluding hydrogens is 320 g/mol. The van der Waals surface area contributed by atoms with E-state index in [2.05, 4.69) is 30.7 Å². The third-order valence-electron chi connectivity index (χ3n) is 3.96. The summed E-state index contributed by atoms with van der Waals surface area (Å²) >= 11 is 0. The van der Waals surface area contributed by atoms with Crippen LogP contribution in [0.5, 0.6) is 0 Å². The summed E-state index contributed by atoms with van der Waals surface area (Å²) in [7, 11) is -2.91. The van der Waals surface area contributed by atoms with E-state index < -0.39 is 9.84 Å². The minimum absolute atomic E-state index is 0.0992. The molecule has 0 bridgehead atoms. The van der Waals surface area contributed by atoms with Gasteiger partial charge in [0.2, 0.25) is 5.95 Å². The second kappa shape index (κ2) is 7.37. The van der Waals surface area contributed by atoms with E-state index in [9.17, 15) is 8.42 Å². The van der Waals surface area contributed by atoms with Gasteiger partial charge in [0.15, 0.2) is 15.7 Å². The Labute approximate surface area is 135 Å². The molecule has 9 nitrogen and oxygen atoms in total. The molecule has 0 saturated carbocycles. The first kappa shape index (κ1) is 16.3. The first-order valence-corrected chi connectivity index (χ1v) is 9.63. The van der Waals surface area contributed by atoms with Gasteiger partial charge in [0.05, 0.1) is 30.9 Å². The Balaban J connectivity index is 1.47. The van der Waals surface area contributed by atoms with Gasteiger partial charge >= 0.3 is 0 Å². The molecule has 2 saturated heterocycles. The second-order valence-electron chi connectivity index (χ2n) is 5.79. The average molecular weight is 342 g/mol. The maximum absolute atomic E-state index is 11.5. The molecule has 0 spiro atoms. The lowest BCUT2D eigenvalue weighted by Gasteiger charge is -2.26. The topological polar surface area (TPSA) is 109 Å². The van der Waals surface area contributed by atoms with E-state index in [0.717, 1.165) is 39.4 Å². The molecule has 0 radical (unpaired) electrons. The normalized spacial score (nSPS) is 24.4. The number of morpholine rings is 1. The van der Waals surface area contributed by atoms with E-state index in [-0.39, 0.29) is 17.5 Å². The summed E-state index contributed by atoms with van der Waals surface area (Å²) < 4.78 is 28.3. The van der Waals surface area contributed by atoms with Gasteiger partial charge in [0.25, 0.3) is 0 Å². The summed E-state index contributed by atoms with van der Waals surface area (Å²) in [6.07, 6.45) is 2.12. The molecule has 1 atom stereocenters. The molecule has 1 unspecified atom stereocenters. The number of sulfone groups is 1. The lowest BCUT2D eigenvalue weighted by atomic mass is 10.3. The lowest BCUT2D eigenvalue weighted by molar-refractivity contribution is 0.0398. The van der Waals surface area contributed by atoms with Gasteiger partial charge in [-0.25, -0.2) is 8.42 Å². The third-order valence-corrected chi connectivity index (χ3v) is 5.73. The lowest BCUT2D eigenvalue weighted by Crippen LogP contribution is -2.39.